The summed E-state index contributed by atoms with van der Waals surface area (Å²) in [5.41, 5.74) is 0. The van der Waals surface area contributed by atoms with E-state index in [1.54, 1.807) is 0 Å². The van der Waals surface area contributed by atoms with Crippen LogP contribution >= 0.6 is 0 Å². The first-order valence-corrected chi connectivity index (χ1v) is 5.36. The maximum atomic E-state index is 9.45. The van der Waals surface area contributed by atoms with E-state index in [0.29, 0.717) is 0 Å². The minimum Gasteiger partial charge on any atom is -0.479 e. The second-order valence-corrected chi connectivity index (χ2v) is 3.67. The summed E-state index contributed by atoms with van der Waals surface area (Å²) in [6.45, 7) is 8.04. The standard InChI is InChI=1S/C8H18.C3H6O3/c1-4-6-7-8(3)5-2;1-2(4)3(5)6/h8H,4-7H2,1-3H3;2,4H,1H3,(H,5,6). The highest BCUT2D eigenvalue weighted by molar-refractivity contribution is 5.71. The van der Waals surface area contributed by atoms with E-state index in [-0.39, 0.29) is 0 Å². The van der Waals surface area contributed by atoms with Crippen molar-refractivity contribution in [2.75, 3.05) is 0 Å². The number of hydrogen-bond donors (Lipinski definition) is 2. The summed E-state index contributed by atoms with van der Waals surface area (Å²) >= 11 is 0. The molecular formula is C11H24O3. The third kappa shape index (κ3) is 14.0. The fourth-order valence-corrected chi connectivity index (χ4v) is 0.757. The third-order valence-corrected chi connectivity index (χ3v) is 2.10. The van der Waals surface area contributed by atoms with Crippen LogP contribution in [0.2, 0.25) is 0 Å². The van der Waals surface area contributed by atoms with Crippen molar-refractivity contribution >= 4 is 5.97 Å². The van der Waals surface area contributed by atoms with Gasteiger partial charge < -0.3 is 10.2 Å². The third-order valence-electron chi connectivity index (χ3n) is 2.10. The summed E-state index contributed by atoms with van der Waals surface area (Å²) in [7, 11) is 0. The van der Waals surface area contributed by atoms with Crippen molar-refractivity contribution in [1.82, 2.24) is 0 Å². The van der Waals surface area contributed by atoms with Gasteiger partial charge in [-0.15, -0.1) is 0 Å². The zero-order valence-electron chi connectivity index (χ0n) is 9.79. The maximum absolute atomic E-state index is 9.45. The van der Waals surface area contributed by atoms with E-state index in [1.807, 2.05) is 0 Å². The van der Waals surface area contributed by atoms with Gasteiger partial charge in [0.2, 0.25) is 0 Å². The first-order valence-electron chi connectivity index (χ1n) is 5.36. The predicted molar refractivity (Wildman–Crippen MR) is 58.3 cm³/mol. The summed E-state index contributed by atoms with van der Waals surface area (Å²) in [5.74, 6) is -0.232. The lowest BCUT2D eigenvalue weighted by atomic mass is 10.0. The van der Waals surface area contributed by atoms with Gasteiger partial charge in [-0.3, -0.25) is 0 Å². The lowest BCUT2D eigenvalue weighted by molar-refractivity contribution is -0.145. The van der Waals surface area contributed by atoms with Crippen LogP contribution in [0.3, 0.4) is 0 Å². The second kappa shape index (κ2) is 10.5. The average molecular weight is 204 g/mol. The van der Waals surface area contributed by atoms with Crippen LogP contribution in [0, 0.1) is 5.92 Å². The molecule has 0 aromatic heterocycles. The van der Waals surface area contributed by atoms with Crippen LogP contribution in [0.5, 0.6) is 0 Å². The molecule has 0 bridgehead atoms. The first kappa shape index (κ1) is 15.9. The minimum atomic E-state index is -1.23. The normalized spacial score (nSPS) is 13.8. The van der Waals surface area contributed by atoms with Gasteiger partial charge in [-0.05, 0) is 12.8 Å². The Balaban J connectivity index is 0. The molecule has 86 valence electrons. The van der Waals surface area contributed by atoms with Crippen molar-refractivity contribution < 1.29 is 15.0 Å². The molecule has 2 unspecified atom stereocenters. The molecule has 14 heavy (non-hydrogen) atoms. The zero-order chi connectivity index (χ0) is 11.6. The molecule has 0 amide bonds. The molecule has 2 N–H and O–H groups in total. The molecule has 3 nitrogen and oxygen atoms in total. The lowest BCUT2D eigenvalue weighted by Gasteiger charge is -2.04. The Morgan fingerprint density at radius 3 is 1.93 bits per heavy atom. The van der Waals surface area contributed by atoms with Crippen molar-refractivity contribution in [2.45, 2.75) is 59.5 Å². The van der Waals surface area contributed by atoms with Gasteiger partial charge in [0.25, 0.3) is 0 Å². The molecule has 0 aliphatic carbocycles. The van der Waals surface area contributed by atoms with Crippen LogP contribution in [-0.2, 0) is 4.79 Å². The molecule has 0 saturated heterocycles. The lowest BCUT2D eigenvalue weighted by Crippen LogP contribution is -2.13. The summed E-state index contributed by atoms with van der Waals surface area (Å²) < 4.78 is 0. The van der Waals surface area contributed by atoms with Gasteiger partial charge in [0.05, 0.1) is 0 Å². The molecule has 0 spiro atoms. The minimum absolute atomic E-state index is 0.954. The maximum Gasteiger partial charge on any atom is 0.332 e. The van der Waals surface area contributed by atoms with Gasteiger partial charge in [-0.25, -0.2) is 4.79 Å². The topological polar surface area (TPSA) is 57.5 Å². The first-order chi connectivity index (χ1) is 6.45. The molecule has 0 aromatic carbocycles. The number of aliphatic hydroxyl groups is 1. The largest absolute Gasteiger partial charge is 0.479 e. The van der Waals surface area contributed by atoms with Crippen LogP contribution in [-0.4, -0.2) is 22.3 Å². The number of hydrogen-bond acceptors (Lipinski definition) is 2. The van der Waals surface area contributed by atoms with Gasteiger partial charge in [0.1, 0.15) is 6.10 Å². The highest BCUT2D eigenvalue weighted by Gasteiger charge is 2.01. The molecular weight excluding hydrogens is 180 g/mol. The average Bonchev–Trinajstić information content (AvgIpc) is 2.14. The quantitative estimate of drug-likeness (QED) is 0.724. The number of aliphatic hydroxyl groups excluding tert-OH is 1. The summed E-state index contributed by atoms with van der Waals surface area (Å²) in [6.07, 6.45) is 4.30. The van der Waals surface area contributed by atoms with Crippen molar-refractivity contribution in [3.05, 3.63) is 0 Å². The Labute approximate surface area is 87.1 Å². The molecule has 0 saturated carbocycles. The van der Waals surface area contributed by atoms with Crippen molar-refractivity contribution in [1.29, 1.82) is 0 Å². The molecule has 3 heteroatoms. The Morgan fingerprint density at radius 1 is 1.29 bits per heavy atom. The van der Waals surface area contributed by atoms with E-state index < -0.39 is 12.1 Å². The van der Waals surface area contributed by atoms with Crippen molar-refractivity contribution in [3.63, 3.8) is 0 Å². The molecule has 2 atom stereocenters. The monoisotopic (exact) mass is 204 g/mol. The Bertz CT molecular complexity index is 132. The number of unbranched alkanes of at least 4 members (excludes halogenated alkanes) is 1. The molecule has 0 heterocycles. The van der Waals surface area contributed by atoms with E-state index in [9.17, 15) is 4.79 Å². The van der Waals surface area contributed by atoms with Gasteiger partial charge in [0, 0.05) is 0 Å². The Kier molecular flexibility index (Phi) is 11.9. The SMILES string of the molecule is CC(O)C(=O)O.CCCCC(C)CC. The number of aliphatic carboxylic acids is 1. The van der Waals surface area contributed by atoms with E-state index >= 15 is 0 Å². The number of carbonyl (C=O) groups is 1. The highest BCUT2D eigenvalue weighted by Crippen LogP contribution is 2.09. The summed E-state index contributed by atoms with van der Waals surface area (Å²) in [5, 5.41) is 15.8. The van der Waals surface area contributed by atoms with Gasteiger partial charge >= 0.3 is 5.97 Å². The summed E-state index contributed by atoms with van der Waals surface area (Å²) in [6, 6.07) is 0. The summed E-state index contributed by atoms with van der Waals surface area (Å²) in [4.78, 5) is 9.45. The molecule has 0 aromatic rings. The van der Waals surface area contributed by atoms with E-state index in [0.717, 1.165) is 5.92 Å². The van der Waals surface area contributed by atoms with Crippen LogP contribution in [0.4, 0.5) is 0 Å². The van der Waals surface area contributed by atoms with Crippen molar-refractivity contribution in [3.8, 4) is 0 Å². The van der Waals surface area contributed by atoms with E-state index in [1.165, 1.54) is 32.6 Å². The van der Waals surface area contributed by atoms with Crippen LogP contribution in [0.15, 0.2) is 0 Å². The van der Waals surface area contributed by atoms with Crippen LogP contribution < -0.4 is 0 Å². The molecule has 0 aliphatic heterocycles. The Hall–Kier alpha value is -0.570. The Morgan fingerprint density at radius 2 is 1.71 bits per heavy atom. The highest BCUT2D eigenvalue weighted by atomic mass is 16.4. The molecule has 0 rings (SSSR count). The number of rotatable bonds is 5. The fraction of sp³-hybridized carbons (Fsp3) is 0.909. The van der Waals surface area contributed by atoms with Crippen LogP contribution in [0.25, 0.3) is 0 Å². The van der Waals surface area contributed by atoms with Gasteiger partial charge in [-0.1, -0.05) is 46.5 Å². The fourth-order valence-electron chi connectivity index (χ4n) is 0.757. The molecule has 0 aliphatic rings. The van der Waals surface area contributed by atoms with Gasteiger partial charge in [-0.2, -0.15) is 0 Å². The molecule has 0 fully saturated rings. The van der Waals surface area contributed by atoms with Crippen molar-refractivity contribution in [2.24, 2.45) is 5.92 Å². The van der Waals surface area contributed by atoms with Crippen LogP contribution in [0.1, 0.15) is 53.4 Å². The zero-order valence-corrected chi connectivity index (χ0v) is 9.79. The number of carboxylic acids is 1. The molecule has 0 radical (unpaired) electrons. The van der Waals surface area contributed by atoms with E-state index in [4.69, 9.17) is 10.2 Å². The number of carboxylic acid groups (broad SMARTS) is 1. The predicted octanol–water partition coefficient (Wildman–Crippen LogP) is 2.67. The smallest absolute Gasteiger partial charge is 0.332 e. The van der Waals surface area contributed by atoms with E-state index in [2.05, 4.69) is 20.8 Å². The second-order valence-electron chi connectivity index (χ2n) is 3.67. The van der Waals surface area contributed by atoms with Gasteiger partial charge in [0.15, 0.2) is 0 Å².